The van der Waals surface area contributed by atoms with Gasteiger partial charge in [-0.15, -0.1) is 0 Å². The fourth-order valence-corrected chi connectivity index (χ4v) is 1.72. The van der Waals surface area contributed by atoms with Gasteiger partial charge in [0.1, 0.15) is 11.5 Å². The zero-order chi connectivity index (χ0) is 14.0. The Morgan fingerprint density at radius 1 is 1.53 bits per heavy atom. The van der Waals surface area contributed by atoms with Crippen LogP contribution in [0.5, 0.6) is 0 Å². The fourth-order valence-electron chi connectivity index (χ4n) is 1.51. The number of halogens is 1. The van der Waals surface area contributed by atoms with Crippen LogP contribution < -0.4 is 11.3 Å². The molecule has 2 heterocycles. The summed E-state index contributed by atoms with van der Waals surface area (Å²) in [7, 11) is 0. The van der Waals surface area contributed by atoms with Crippen LogP contribution in [0.2, 0.25) is 5.02 Å². The molecule has 2 aromatic rings. The number of hydrogen-bond acceptors (Lipinski definition) is 5. The molecule has 0 aromatic carbocycles. The largest absolute Gasteiger partial charge is 0.481 e. The average Bonchev–Trinajstić information content (AvgIpc) is 2.34. The fraction of sp³-hybridized carbons (Fsp3) is 0.0909. The molecule has 0 bridgehead atoms. The van der Waals surface area contributed by atoms with E-state index in [0.717, 1.165) is 0 Å². The second-order valence-corrected chi connectivity index (χ2v) is 4.09. The van der Waals surface area contributed by atoms with Crippen molar-refractivity contribution in [2.75, 3.05) is 5.73 Å². The summed E-state index contributed by atoms with van der Waals surface area (Å²) in [5.74, 6) is -1.22. The van der Waals surface area contributed by atoms with E-state index in [1.807, 2.05) is 0 Å². The molecular weight excluding hydrogens is 272 g/mol. The maximum Gasteiger partial charge on any atom is 0.308 e. The normalized spacial score (nSPS) is 10.4. The summed E-state index contributed by atoms with van der Waals surface area (Å²) in [5.41, 5.74) is 5.15. The number of hydrogen-bond donors (Lipinski definition) is 3. The van der Waals surface area contributed by atoms with E-state index in [4.69, 9.17) is 22.4 Å². The molecule has 0 aliphatic carbocycles. The molecule has 0 fully saturated rings. The molecule has 0 saturated carbocycles. The predicted molar refractivity (Wildman–Crippen MR) is 68.9 cm³/mol. The van der Waals surface area contributed by atoms with Crippen LogP contribution in [0.4, 0.5) is 5.82 Å². The molecule has 19 heavy (non-hydrogen) atoms. The van der Waals surface area contributed by atoms with Gasteiger partial charge in [-0.3, -0.25) is 14.6 Å². The Hall–Kier alpha value is -2.41. The molecule has 0 saturated heterocycles. The van der Waals surface area contributed by atoms with Crippen LogP contribution in [0.25, 0.3) is 11.5 Å². The van der Waals surface area contributed by atoms with Crippen LogP contribution in [0.3, 0.4) is 0 Å². The van der Waals surface area contributed by atoms with Crippen molar-refractivity contribution in [2.45, 2.75) is 6.42 Å². The minimum absolute atomic E-state index is 0.0942. The molecule has 0 aliphatic heterocycles. The monoisotopic (exact) mass is 280 g/mol. The molecule has 8 heteroatoms. The van der Waals surface area contributed by atoms with Crippen molar-refractivity contribution in [3.63, 3.8) is 0 Å². The number of aromatic amines is 1. The van der Waals surface area contributed by atoms with Crippen LogP contribution >= 0.6 is 11.6 Å². The number of aromatic nitrogens is 3. The van der Waals surface area contributed by atoms with E-state index in [9.17, 15) is 9.59 Å². The molecule has 0 unspecified atom stereocenters. The highest BCUT2D eigenvalue weighted by atomic mass is 35.5. The van der Waals surface area contributed by atoms with Gasteiger partial charge in [-0.05, 0) is 12.1 Å². The first kappa shape index (κ1) is 13.0. The smallest absolute Gasteiger partial charge is 0.308 e. The highest BCUT2D eigenvalue weighted by Gasteiger charge is 2.15. The maximum atomic E-state index is 11.8. The Morgan fingerprint density at radius 2 is 2.26 bits per heavy atom. The van der Waals surface area contributed by atoms with Crippen molar-refractivity contribution in [2.24, 2.45) is 0 Å². The number of carbonyl (C=O) groups is 1. The molecule has 2 rings (SSSR count). The molecule has 0 radical (unpaired) electrons. The summed E-state index contributed by atoms with van der Waals surface area (Å²) < 4.78 is 0. The highest BCUT2D eigenvalue weighted by Crippen LogP contribution is 2.22. The lowest BCUT2D eigenvalue weighted by molar-refractivity contribution is -0.136. The lowest BCUT2D eigenvalue weighted by atomic mass is 10.2. The summed E-state index contributed by atoms with van der Waals surface area (Å²) in [5, 5.41) is 8.98. The standard InChI is InChI=1S/C11H9ClN4O3/c12-6-2-1-3-14-8(6)10-15-9(13)5(4-7(17)18)11(19)16-10/h1-3H,4H2,(H,17,18)(H3,13,15,16,19). The van der Waals surface area contributed by atoms with E-state index < -0.39 is 17.9 Å². The number of nitrogens with zero attached hydrogens (tertiary/aromatic N) is 2. The number of H-pyrrole nitrogens is 1. The van der Waals surface area contributed by atoms with Crippen molar-refractivity contribution in [1.82, 2.24) is 15.0 Å². The van der Waals surface area contributed by atoms with E-state index in [-0.39, 0.29) is 22.9 Å². The lowest BCUT2D eigenvalue weighted by Gasteiger charge is -2.06. The average molecular weight is 281 g/mol. The molecule has 0 spiro atoms. The Kier molecular flexibility index (Phi) is 3.48. The number of rotatable bonds is 3. The van der Waals surface area contributed by atoms with Crippen molar-refractivity contribution >= 4 is 23.4 Å². The first-order chi connectivity index (χ1) is 8.99. The van der Waals surface area contributed by atoms with Gasteiger partial charge in [0, 0.05) is 6.20 Å². The first-order valence-electron chi connectivity index (χ1n) is 5.20. The zero-order valence-electron chi connectivity index (χ0n) is 9.55. The Morgan fingerprint density at radius 3 is 2.84 bits per heavy atom. The van der Waals surface area contributed by atoms with Gasteiger partial charge >= 0.3 is 5.97 Å². The van der Waals surface area contributed by atoms with Gasteiger partial charge < -0.3 is 15.8 Å². The van der Waals surface area contributed by atoms with E-state index in [2.05, 4.69) is 15.0 Å². The number of pyridine rings is 1. The van der Waals surface area contributed by atoms with E-state index in [1.165, 1.54) is 6.20 Å². The second kappa shape index (κ2) is 5.07. The maximum absolute atomic E-state index is 11.8. The van der Waals surface area contributed by atoms with Crippen LogP contribution in [-0.4, -0.2) is 26.0 Å². The van der Waals surface area contributed by atoms with Crippen molar-refractivity contribution in [3.05, 3.63) is 39.3 Å². The number of nitrogen functional groups attached to an aromatic ring is 1. The number of aliphatic carboxylic acids is 1. The van der Waals surface area contributed by atoms with Gasteiger partial charge in [0.15, 0.2) is 5.82 Å². The van der Waals surface area contributed by atoms with Crippen molar-refractivity contribution < 1.29 is 9.90 Å². The summed E-state index contributed by atoms with van der Waals surface area (Å²) in [4.78, 5) is 32.7. The Balaban J connectivity index is 2.55. The molecule has 7 nitrogen and oxygen atoms in total. The topological polar surface area (TPSA) is 122 Å². The van der Waals surface area contributed by atoms with Gasteiger partial charge in [-0.1, -0.05) is 11.6 Å². The van der Waals surface area contributed by atoms with E-state index in [0.29, 0.717) is 5.02 Å². The quantitative estimate of drug-likeness (QED) is 0.760. The summed E-state index contributed by atoms with van der Waals surface area (Å²) in [6.45, 7) is 0. The number of anilines is 1. The molecule has 2 aromatic heterocycles. The minimum atomic E-state index is -1.16. The molecule has 0 aliphatic rings. The third-order valence-corrected chi connectivity index (χ3v) is 2.66. The van der Waals surface area contributed by atoms with Crippen LogP contribution in [0.1, 0.15) is 5.56 Å². The van der Waals surface area contributed by atoms with Crippen molar-refractivity contribution in [3.8, 4) is 11.5 Å². The van der Waals surface area contributed by atoms with Gasteiger partial charge in [0.25, 0.3) is 5.56 Å². The number of carboxylic acids is 1. The Labute approximate surface area is 112 Å². The lowest BCUT2D eigenvalue weighted by Crippen LogP contribution is -2.21. The minimum Gasteiger partial charge on any atom is -0.481 e. The number of nitrogens with two attached hydrogens (primary N) is 1. The number of carboxylic acid groups (broad SMARTS) is 1. The predicted octanol–water partition coefficient (Wildman–Crippen LogP) is 0.695. The zero-order valence-corrected chi connectivity index (χ0v) is 10.3. The molecule has 0 amide bonds. The molecular formula is C11H9ClN4O3. The van der Waals surface area contributed by atoms with Gasteiger partial charge in [0.05, 0.1) is 17.0 Å². The van der Waals surface area contributed by atoms with Gasteiger partial charge in [0.2, 0.25) is 0 Å². The SMILES string of the molecule is Nc1nc(-c2ncccc2Cl)[nH]c(=O)c1CC(=O)O. The van der Waals surface area contributed by atoms with Gasteiger partial charge in [-0.25, -0.2) is 4.98 Å². The molecule has 98 valence electrons. The Bertz CT molecular complexity index is 699. The second-order valence-electron chi connectivity index (χ2n) is 3.68. The summed E-state index contributed by atoms with van der Waals surface area (Å²) in [6, 6.07) is 3.22. The van der Waals surface area contributed by atoms with E-state index >= 15 is 0 Å². The van der Waals surface area contributed by atoms with Crippen LogP contribution in [0.15, 0.2) is 23.1 Å². The molecule has 0 atom stereocenters. The van der Waals surface area contributed by atoms with Crippen LogP contribution in [0, 0.1) is 0 Å². The van der Waals surface area contributed by atoms with Crippen molar-refractivity contribution in [1.29, 1.82) is 0 Å². The third-order valence-electron chi connectivity index (χ3n) is 2.36. The highest BCUT2D eigenvalue weighted by molar-refractivity contribution is 6.32. The molecule has 4 N–H and O–H groups in total. The van der Waals surface area contributed by atoms with Crippen LogP contribution in [-0.2, 0) is 11.2 Å². The summed E-state index contributed by atoms with van der Waals surface area (Å²) >= 11 is 5.93. The summed E-state index contributed by atoms with van der Waals surface area (Å²) in [6.07, 6.45) is 0.993. The number of nitrogens with one attached hydrogen (secondary N) is 1. The van der Waals surface area contributed by atoms with E-state index in [1.54, 1.807) is 12.1 Å². The third kappa shape index (κ3) is 2.71. The van der Waals surface area contributed by atoms with Gasteiger partial charge in [-0.2, -0.15) is 0 Å². The first-order valence-corrected chi connectivity index (χ1v) is 5.58.